The number of benzene rings is 1. The molecule has 4 heteroatoms. The summed E-state index contributed by atoms with van der Waals surface area (Å²) in [4.78, 5) is 14.4. The molecule has 104 valence electrons. The number of carbonyl (C=O) groups is 1. The molecule has 0 bridgehead atoms. The lowest BCUT2D eigenvalue weighted by Gasteiger charge is -2.30. The van der Waals surface area contributed by atoms with Gasteiger partial charge in [0.15, 0.2) is 0 Å². The largest absolute Gasteiger partial charge is 0.352 e. The normalized spacial score (nSPS) is 19.1. The zero-order valence-corrected chi connectivity index (χ0v) is 12.3. The van der Waals surface area contributed by atoms with Crippen LogP contribution in [-0.2, 0) is 11.2 Å². The summed E-state index contributed by atoms with van der Waals surface area (Å²) in [7, 11) is 2.12. The summed E-state index contributed by atoms with van der Waals surface area (Å²) in [6.45, 7) is 2.11. The molecule has 2 rings (SSSR count). The van der Waals surface area contributed by atoms with Crippen LogP contribution in [0, 0.1) is 0 Å². The Kier molecular flexibility index (Phi) is 5.28. The molecule has 1 unspecified atom stereocenters. The average Bonchev–Trinajstić information content (AvgIpc) is 2.42. The van der Waals surface area contributed by atoms with Crippen molar-refractivity contribution in [1.82, 2.24) is 10.2 Å². The quantitative estimate of drug-likeness (QED) is 0.822. The van der Waals surface area contributed by atoms with Crippen molar-refractivity contribution in [3.63, 3.8) is 0 Å². The fraction of sp³-hybridized carbons (Fsp3) is 0.533. The summed E-state index contributed by atoms with van der Waals surface area (Å²) in [5, 5.41) is 2.86. The molecule has 0 aromatic heterocycles. The van der Waals surface area contributed by atoms with Crippen LogP contribution in [0.15, 0.2) is 30.3 Å². The molecule has 1 amide bonds. The maximum absolute atomic E-state index is 12.1. The number of nitrogens with one attached hydrogen (secondary N) is 1. The van der Waals surface area contributed by atoms with Gasteiger partial charge in [0.25, 0.3) is 0 Å². The van der Waals surface area contributed by atoms with Crippen molar-refractivity contribution in [2.24, 2.45) is 0 Å². The molecule has 1 N–H and O–H groups in total. The number of thiol groups is 1. The third-order valence-corrected chi connectivity index (χ3v) is 4.06. The zero-order chi connectivity index (χ0) is 13.7. The van der Waals surface area contributed by atoms with Gasteiger partial charge in [0.1, 0.15) is 0 Å². The smallest absolute Gasteiger partial charge is 0.233 e. The van der Waals surface area contributed by atoms with Gasteiger partial charge in [-0.25, -0.2) is 0 Å². The van der Waals surface area contributed by atoms with Crippen molar-refractivity contribution < 1.29 is 4.79 Å². The van der Waals surface area contributed by atoms with Crippen molar-refractivity contribution in [2.75, 3.05) is 20.1 Å². The van der Waals surface area contributed by atoms with E-state index in [4.69, 9.17) is 0 Å². The van der Waals surface area contributed by atoms with Crippen molar-refractivity contribution in [3.05, 3.63) is 35.9 Å². The van der Waals surface area contributed by atoms with Gasteiger partial charge in [0.05, 0.1) is 5.25 Å². The number of piperidine rings is 1. The molecule has 1 aromatic rings. The van der Waals surface area contributed by atoms with E-state index < -0.39 is 0 Å². The Balaban J connectivity index is 1.79. The van der Waals surface area contributed by atoms with Crippen LogP contribution in [0.3, 0.4) is 0 Å². The fourth-order valence-corrected chi connectivity index (χ4v) is 2.67. The lowest BCUT2D eigenvalue weighted by atomic mass is 10.0. The van der Waals surface area contributed by atoms with E-state index in [0.717, 1.165) is 31.5 Å². The van der Waals surface area contributed by atoms with Gasteiger partial charge < -0.3 is 10.2 Å². The molecule has 3 nitrogen and oxygen atoms in total. The predicted octanol–water partition coefficient (Wildman–Crippen LogP) is 1.74. The monoisotopic (exact) mass is 278 g/mol. The maximum Gasteiger partial charge on any atom is 0.233 e. The van der Waals surface area contributed by atoms with Crippen LogP contribution in [0.4, 0.5) is 0 Å². The van der Waals surface area contributed by atoms with Crippen molar-refractivity contribution in [3.8, 4) is 0 Å². The van der Waals surface area contributed by atoms with Gasteiger partial charge in [-0.05, 0) is 45.0 Å². The van der Waals surface area contributed by atoms with Gasteiger partial charge in [-0.15, -0.1) is 0 Å². The van der Waals surface area contributed by atoms with E-state index >= 15 is 0 Å². The first-order valence-electron chi connectivity index (χ1n) is 6.86. The van der Waals surface area contributed by atoms with Gasteiger partial charge in [-0.3, -0.25) is 4.79 Å². The first-order chi connectivity index (χ1) is 9.15. The van der Waals surface area contributed by atoms with Crippen molar-refractivity contribution in [2.45, 2.75) is 30.6 Å². The van der Waals surface area contributed by atoms with Crippen LogP contribution < -0.4 is 5.32 Å². The minimum atomic E-state index is -0.262. The van der Waals surface area contributed by atoms with Gasteiger partial charge in [0, 0.05) is 6.04 Å². The van der Waals surface area contributed by atoms with Gasteiger partial charge in [-0.1, -0.05) is 30.3 Å². The highest BCUT2D eigenvalue weighted by molar-refractivity contribution is 7.81. The summed E-state index contributed by atoms with van der Waals surface area (Å²) in [6.07, 6.45) is 2.75. The van der Waals surface area contributed by atoms with E-state index in [-0.39, 0.29) is 11.2 Å². The molecule has 1 atom stereocenters. The van der Waals surface area contributed by atoms with Crippen LogP contribution in [0.1, 0.15) is 18.4 Å². The number of hydrogen-bond acceptors (Lipinski definition) is 3. The predicted molar refractivity (Wildman–Crippen MR) is 81.6 cm³/mol. The highest BCUT2D eigenvalue weighted by Gasteiger charge is 2.21. The second-order valence-corrected chi connectivity index (χ2v) is 5.92. The number of rotatable bonds is 4. The molecule has 1 fully saturated rings. The van der Waals surface area contributed by atoms with Gasteiger partial charge in [0.2, 0.25) is 5.91 Å². The number of carbonyl (C=O) groups excluding carboxylic acids is 1. The van der Waals surface area contributed by atoms with E-state index in [9.17, 15) is 4.79 Å². The SMILES string of the molecule is CN1CCC(NC(=O)C(S)Cc2ccccc2)CC1. The minimum absolute atomic E-state index is 0.0572. The number of amides is 1. The van der Waals surface area contributed by atoms with Crippen LogP contribution in [0.2, 0.25) is 0 Å². The molecule has 0 radical (unpaired) electrons. The molecular formula is C15H22N2OS. The second-order valence-electron chi connectivity index (χ2n) is 5.29. The van der Waals surface area contributed by atoms with Crippen LogP contribution in [-0.4, -0.2) is 42.2 Å². The minimum Gasteiger partial charge on any atom is -0.352 e. The van der Waals surface area contributed by atoms with E-state index in [1.165, 1.54) is 0 Å². The average molecular weight is 278 g/mol. The zero-order valence-electron chi connectivity index (χ0n) is 11.4. The standard InChI is InChI=1S/C15H22N2OS/c1-17-9-7-13(8-10-17)16-15(18)14(19)11-12-5-3-2-4-6-12/h2-6,13-14,19H,7-11H2,1H3,(H,16,18). The van der Waals surface area contributed by atoms with Crippen LogP contribution in [0.5, 0.6) is 0 Å². The molecule has 1 aliphatic rings. The molecular weight excluding hydrogens is 256 g/mol. The Morgan fingerprint density at radius 1 is 1.37 bits per heavy atom. The summed E-state index contributed by atoms with van der Waals surface area (Å²) in [5.41, 5.74) is 1.15. The molecule has 1 saturated heterocycles. The Morgan fingerprint density at radius 2 is 2.00 bits per heavy atom. The Labute approximate surface area is 120 Å². The van der Waals surface area contributed by atoms with Crippen LogP contribution >= 0.6 is 12.6 Å². The highest BCUT2D eigenvalue weighted by atomic mass is 32.1. The molecule has 19 heavy (non-hydrogen) atoms. The Morgan fingerprint density at radius 3 is 2.63 bits per heavy atom. The molecule has 1 heterocycles. The van der Waals surface area contributed by atoms with Gasteiger partial charge in [-0.2, -0.15) is 12.6 Å². The molecule has 1 aromatic carbocycles. The Hall–Kier alpha value is -1.00. The van der Waals surface area contributed by atoms with E-state index in [0.29, 0.717) is 12.5 Å². The molecule has 0 spiro atoms. The molecule has 0 aliphatic carbocycles. The lowest BCUT2D eigenvalue weighted by molar-refractivity contribution is -0.121. The maximum atomic E-state index is 12.1. The van der Waals surface area contributed by atoms with Crippen molar-refractivity contribution in [1.29, 1.82) is 0 Å². The second kappa shape index (κ2) is 6.96. The topological polar surface area (TPSA) is 32.3 Å². The summed E-state index contributed by atoms with van der Waals surface area (Å²) in [5.74, 6) is 0.0572. The van der Waals surface area contributed by atoms with E-state index in [2.05, 4.69) is 29.9 Å². The third kappa shape index (κ3) is 4.55. The summed E-state index contributed by atoms with van der Waals surface area (Å²) >= 11 is 4.43. The number of nitrogens with zero attached hydrogens (tertiary/aromatic N) is 1. The van der Waals surface area contributed by atoms with Gasteiger partial charge >= 0.3 is 0 Å². The number of likely N-dealkylation sites (tertiary alicyclic amines) is 1. The van der Waals surface area contributed by atoms with E-state index in [1.807, 2.05) is 30.3 Å². The van der Waals surface area contributed by atoms with Crippen LogP contribution in [0.25, 0.3) is 0 Å². The first kappa shape index (κ1) is 14.4. The lowest BCUT2D eigenvalue weighted by Crippen LogP contribution is -2.46. The van der Waals surface area contributed by atoms with Crippen molar-refractivity contribution >= 4 is 18.5 Å². The van der Waals surface area contributed by atoms with E-state index in [1.54, 1.807) is 0 Å². The Bertz CT molecular complexity index is 402. The highest BCUT2D eigenvalue weighted by Crippen LogP contribution is 2.11. The summed E-state index contributed by atoms with van der Waals surface area (Å²) in [6, 6.07) is 10.3. The number of hydrogen-bond donors (Lipinski definition) is 2. The fourth-order valence-electron chi connectivity index (χ4n) is 2.38. The molecule has 1 aliphatic heterocycles. The third-order valence-electron chi connectivity index (χ3n) is 3.64. The first-order valence-corrected chi connectivity index (χ1v) is 7.37. The summed E-state index contributed by atoms with van der Waals surface area (Å²) < 4.78 is 0. The molecule has 0 saturated carbocycles.